The molecule has 0 spiro atoms. The Morgan fingerprint density at radius 2 is 1.05 bits per heavy atom. The molecule has 1 N–H and O–H groups in total. The Labute approximate surface area is 248 Å². The van der Waals surface area contributed by atoms with E-state index in [9.17, 15) is 9.59 Å². The lowest BCUT2D eigenvalue weighted by atomic mass is 10.1. The summed E-state index contributed by atoms with van der Waals surface area (Å²) in [6, 6.07) is 0. The SMILES string of the molecule is CCCCC/C=C\CCCCCCCC(=O)OC(/C=C\C/C=C\CCCCCC)CCCCCCCCC(=O)O. The molecule has 4 heteroatoms. The zero-order valence-electron chi connectivity index (χ0n) is 26.4. The predicted molar refractivity (Wildman–Crippen MR) is 172 cm³/mol. The van der Waals surface area contributed by atoms with E-state index in [0.29, 0.717) is 6.42 Å². The first-order valence-electron chi connectivity index (χ1n) is 17.0. The molecule has 0 fully saturated rings. The minimum atomic E-state index is -0.705. The second kappa shape index (κ2) is 31.7. The molecule has 0 aromatic rings. The Hall–Kier alpha value is -1.84. The lowest BCUT2D eigenvalue weighted by Crippen LogP contribution is -2.16. The molecule has 0 radical (unpaired) electrons. The lowest BCUT2D eigenvalue weighted by molar-refractivity contribution is -0.147. The molecule has 4 nitrogen and oxygen atoms in total. The van der Waals surface area contributed by atoms with E-state index < -0.39 is 5.97 Å². The molecule has 0 rings (SSSR count). The maximum Gasteiger partial charge on any atom is 0.306 e. The maximum absolute atomic E-state index is 12.5. The van der Waals surface area contributed by atoms with Gasteiger partial charge in [-0.25, -0.2) is 0 Å². The van der Waals surface area contributed by atoms with Crippen LogP contribution in [0.1, 0.15) is 174 Å². The number of aliphatic carboxylic acids is 1. The van der Waals surface area contributed by atoms with Crippen LogP contribution in [0.2, 0.25) is 0 Å². The largest absolute Gasteiger partial charge is 0.481 e. The average molecular weight is 561 g/mol. The highest BCUT2D eigenvalue weighted by atomic mass is 16.5. The molecule has 232 valence electrons. The van der Waals surface area contributed by atoms with Crippen molar-refractivity contribution in [3.63, 3.8) is 0 Å². The number of allylic oxidation sites excluding steroid dienone is 5. The summed E-state index contributed by atoms with van der Waals surface area (Å²) in [5.74, 6) is -0.770. The fourth-order valence-corrected chi connectivity index (χ4v) is 4.77. The van der Waals surface area contributed by atoms with Crippen molar-refractivity contribution in [2.75, 3.05) is 0 Å². The van der Waals surface area contributed by atoms with Crippen LogP contribution in [0.3, 0.4) is 0 Å². The third-order valence-corrected chi connectivity index (χ3v) is 7.32. The zero-order chi connectivity index (χ0) is 29.4. The summed E-state index contributed by atoms with van der Waals surface area (Å²) in [6.07, 6.45) is 40.2. The van der Waals surface area contributed by atoms with E-state index in [1.54, 1.807) is 0 Å². The number of rotatable bonds is 30. The summed E-state index contributed by atoms with van der Waals surface area (Å²) in [7, 11) is 0. The first kappa shape index (κ1) is 38.2. The number of unbranched alkanes of at least 4 members (excludes halogenated alkanes) is 17. The van der Waals surface area contributed by atoms with Gasteiger partial charge in [0.2, 0.25) is 0 Å². The van der Waals surface area contributed by atoms with Crippen molar-refractivity contribution in [3.8, 4) is 0 Å². The van der Waals surface area contributed by atoms with Crippen LogP contribution in [-0.2, 0) is 14.3 Å². The number of carboxylic acids is 1. The van der Waals surface area contributed by atoms with Gasteiger partial charge in [0.15, 0.2) is 0 Å². The summed E-state index contributed by atoms with van der Waals surface area (Å²) in [6.45, 7) is 4.48. The van der Waals surface area contributed by atoms with Gasteiger partial charge in [-0.3, -0.25) is 9.59 Å². The van der Waals surface area contributed by atoms with Crippen molar-refractivity contribution in [3.05, 3.63) is 36.5 Å². The first-order chi connectivity index (χ1) is 19.6. The Bertz CT molecular complexity index is 649. The van der Waals surface area contributed by atoms with Crippen LogP contribution in [-0.4, -0.2) is 23.1 Å². The molecule has 1 atom stereocenters. The molecular weight excluding hydrogens is 496 g/mol. The van der Waals surface area contributed by atoms with Gasteiger partial charge in [-0.15, -0.1) is 0 Å². The van der Waals surface area contributed by atoms with Crippen LogP contribution in [0.5, 0.6) is 0 Å². The van der Waals surface area contributed by atoms with E-state index in [4.69, 9.17) is 9.84 Å². The van der Waals surface area contributed by atoms with E-state index in [1.807, 2.05) is 0 Å². The number of carbonyl (C=O) groups excluding carboxylic acids is 1. The van der Waals surface area contributed by atoms with Crippen molar-refractivity contribution >= 4 is 11.9 Å². The molecular formula is C36H64O4. The van der Waals surface area contributed by atoms with Crippen LogP contribution in [0, 0.1) is 0 Å². The van der Waals surface area contributed by atoms with E-state index in [-0.39, 0.29) is 18.5 Å². The Balaban J connectivity index is 4.21. The smallest absolute Gasteiger partial charge is 0.306 e. The monoisotopic (exact) mass is 560 g/mol. The lowest BCUT2D eigenvalue weighted by Gasteiger charge is -2.14. The van der Waals surface area contributed by atoms with Gasteiger partial charge in [0.1, 0.15) is 6.10 Å². The van der Waals surface area contributed by atoms with Crippen LogP contribution in [0.25, 0.3) is 0 Å². The van der Waals surface area contributed by atoms with Gasteiger partial charge < -0.3 is 9.84 Å². The number of carboxylic acid groups (broad SMARTS) is 1. The molecule has 0 aliphatic rings. The summed E-state index contributed by atoms with van der Waals surface area (Å²) in [4.78, 5) is 23.2. The van der Waals surface area contributed by atoms with E-state index in [2.05, 4.69) is 50.3 Å². The topological polar surface area (TPSA) is 63.6 Å². The van der Waals surface area contributed by atoms with Crippen LogP contribution < -0.4 is 0 Å². The van der Waals surface area contributed by atoms with Gasteiger partial charge in [0.25, 0.3) is 0 Å². The fourth-order valence-electron chi connectivity index (χ4n) is 4.77. The van der Waals surface area contributed by atoms with Crippen molar-refractivity contribution in [1.82, 2.24) is 0 Å². The molecule has 0 heterocycles. The first-order valence-corrected chi connectivity index (χ1v) is 17.0. The summed E-state index contributed by atoms with van der Waals surface area (Å²) in [5, 5.41) is 8.74. The summed E-state index contributed by atoms with van der Waals surface area (Å²) < 4.78 is 5.87. The van der Waals surface area contributed by atoms with Gasteiger partial charge >= 0.3 is 11.9 Å². The van der Waals surface area contributed by atoms with E-state index >= 15 is 0 Å². The molecule has 0 amide bonds. The Morgan fingerprint density at radius 3 is 1.68 bits per heavy atom. The third-order valence-electron chi connectivity index (χ3n) is 7.32. The van der Waals surface area contributed by atoms with E-state index in [0.717, 1.165) is 70.6 Å². The minimum Gasteiger partial charge on any atom is -0.481 e. The zero-order valence-corrected chi connectivity index (χ0v) is 26.4. The standard InChI is InChI=1S/C36H64O4/c1-3-5-7-9-11-13-14-15-17-19-25-29-33-36(39)40-34(30-26-22-18-16-12-10-8-6-4-2)31-27-23-20-21-24-28-32-35(37)38/h11,13,16,18,26,30,34H,3-10,12,14-15,17,19-25,27-29,31-33H2,1-2H3,(H,37,38)/b13-11-,18-16-,30-26-. The summed E-state index contributed by atoms with van der Waals surface area (Å²) in [5.41, 5.74) is 0. The highest BCUT2D eigenvalue weighted by Gasteiger charge is 2.11. The van der Waals surface area contributed by atoms with Crippen LogP contribution >= 0.6 is 0 Å². The van der Waals surface area contributed by atoms with Crippen molar-refractivity contribution in [1.29, 1.82) is 0 Å². The number of ether oxygens (including phenoxy) is 1. The summed E-state index contributed by atoms with van der Waals surface area (Å²) >= 11 is 0. The Kier molecular flexibility index (Phi) is 30.2. The van der Waals surface area contributed by atoms with Crippen molar-refractivity contribution in [2.24, 2.45) is 0 Å². The van der Waals surface area contributed by atoms with Crippen molar-refractivity contribution in [2.45, 2.75) is 180 Å². The molecule has 0 aromatic carbocycles. The molecule has 0 aliphatic heterocycles. The van der Waals surface area contributed by atoms with Crippen molar-refractivity contribution < 1.29 is 19.4 Å². The fraction of sp³-hybridized carbons (Fsp3) is 0.778. The normalized spacial score (nSPS) is 12.7. The second-order valence-electron chi connectivity index (χ2n) is 11.3. The third kappa shape index (κ3) is 30.7. The Morgan fingerprint density at radius 1 is 0.575 bits per heavy atom. The molecule has 0 aromatic heterocycles. The highest BCUT2D eigenvalue weighted by molar-refractivity contribution is 5.69. The minimum absolute atomic E-state index is 0.0650. The molecule has 0 aliphatic carbocycles. The highest BCUT2D eigenvalue weighted by Crippen LogP contribution is 2.15. The van der Waals surface area contributed by atoms with Gasteiger partial charge in [0, 0.05) is 12.8 Å². The number of esters is 1. The number of hydrogen-bond donors (Lipinski definition) is 1. The van der Waals surface area contributed by atoms with Gasteiger partial charge in [-0.2, -0.15) is 0 Å². The van der Waals surface area contributed by atoms with E-state index in [1.165, 1.54) is 77.0 Å². The molecule has 40 heavy (non-hydrogen) atoms. The molecule has 0 bridgehead atoms. The van der Waals surface area contributed by atoms with Crippen LogP contribution in [0.4, 0.5) is 0 Å². The second-order valence-corrected chi connectivity index (χ2v) is 11.3. The van der Waals surface area contributed by atoms with Gasteiger partial charge in [-0.1, -0.05) is 121 Å². The average Bonchev–Trinajstić information content (AvgIpc) is 2.93. The van der Waals surface area contributed by atoms with Gasteiger partial charge in [-0.05, 0) is 76.7 Å². The quantitative estimate of drug-likeness (QED) is 0.0539. The molecule has 0 saturated heterocycles. The number of hydrogen-bond acceptors (Lipinski definition) is 3. The van der Waals surface area contributed by atoms with Gasteiger partial charge in [0.05, 0.1) is 0 Å². The predicted octanol–water partition coefficient (Wildman–Crippen LogP) is 11.4. The molecule has 1 unspecified atom stereocenters. The molecule has 0 saturated carbocycles. The number of carbonyl (C=O) groups is 2. The van der Waals surface area contributed by atoms with Crippen LogP contribution in [0.15, 0.2) is 36.5 Å². The maximum atomic E-state index is 12.5.